The van der Waals surface area contributed by atoms with Gasteiger partial charge in [0.2, 0.25) is 0 Å². The Morgan fingerprint density at radius 1 is 1.21 bits per heavy atom. The van der Waals surface area contributed by atoms with Crippen LogP contribution < -0.4 is 0 Å². The highest BCUT2D eigenvalue weighted by molar-refractivity contribution is 5.64. The lowest BCUT2D eigenvalue weighted by Crippen LogP contribution is -2.07. The van der Waals surface area contributed by atoms with Crippen molar-refractivity contribution in [3.05, 3.63) is 41.4 Å². The van der Waals surface area contributed by atoms with Crippen LogP contribution >= 0.6 is 0 Å². The number of hydrogen-bond acceptors (Lipinski definition) is 3. The molecule has 102 valence electrons. The molecule has 0 spiro atoms. The van der Waals surface area contributed by atoms with Gasteiger partial charge in [0, 0.05) is 18.1 Å². The Hall–Kier alpha value is -1.89. The number of hydrogen-bond donors (Lipinski definition) is 1. The van der Waals surface area contributed by atoms with E-state index in [-0.39, 0.29) is 30.0 Å². The Morgan fingerprint density at radius 3 is 2.58 bits per heavy atom. The van der Waals surface area contributed by atoms with E-state index in [1.807, 2.05) is 0 Å². The van der Waals surface area contributed by atoms with E-state index in [0.29, 0.717) is 6.07 Å². The zero-order valence-corrected chi connectivity index (χ0v) is 9.54. The third-order valence-electron chi connectivity index (χ3n) is 2.48. The molecule has 0 fully saturated rings. The van der Waals surface area contributed by atoms with Crippen molar-refractivity contribution in [2.75, 3.05) is 6.61 Å². The average Bonchev–Trinajstić information content (AvgIpc) is 2.77. The second-order valence-electron chi connectivity index (χ2n) is 3.84. The molecular weight excluding hydrogens is 266 g/mol. The number of alkyl halides is 3. The zero-order chi connectivity index (χ0) is 14.0. The summed E-state index contributed by atoms with van der Waals surface area (Å²) in [6.07, 6.45) is -4.54. The third kappa shape index (κ3) is 2.93. The number of nitrogens with zero attached hydrogens (tertiary/aromatic N) is 1. The first-order valence-electron chi connectivity index (χ1n) is 5.35. The van der Waals surface area contributed by atoms with Gasteiger partial charge in [-0.3, -0.25) is 0 Å². The molecule has 0 aliphatic carbocycles. The van der Waals surface area contributed by atoms with Gasteiger partial charge >= 0.3 is 6.18 Å². The predicted octanol–water partition coefficient (Wildman–Crippen LogP) is 3.03. The molecule has 2 rings (SSSR count). The highest BCUT2D eigenvalue weighted by Crippen LogP contribution is 2.37. The minimum Gasteiger partial charge on any atom is -0.396 e. The van der Waals surface area contributed by atoms with E-state index in [1.54, 1.807) is 0 Å². The first kappa shape index (κ1) is 13.5. The lowest BCUT2D eigenvalue weighted by Gasteiger charge is -2.10. The molecule has 0 aliphatic rings. The van der Waals surface area contributed by atoms with Gasteiger partial charge in [-0.05, 0) is 18.2 Å². The molecule has 0 atom stereocenters. The van der Waals surface area contributed by atoms with Gasteiger partial charge in [0.05, 0.1) is 12.2 Å². The molecule has 3 nitrogen and oxygen atoms in total. The summed E-state index contributed by atoms with van der Waals surface area (Å²) >= 11 is 0. The molecule has 0 amide bonds. The van der Waals surface area contributed by atoms with Gasteiger partial charge in [-0.1, -0.05) is 5.16 Å². The van der Waals surface area contributed by atoms with E-state index in [9.17, 15) is 17.6 Å². The molecule has 0 saturated carbocycles. The lowest BCUT2D eigenvalue weighted by atomic mass is 10.0. The normalized spacial score (nSPS) is 11.8. The molecule has 7 heteroatoms. The molecule has 1 N–H and O–H groups in total. The second kappa shape index (κ2) is 5.00. The summed E-state index contributed by atoms with van der Waals surface area (Å²) in [5.41, 5.74) is -1.42. The average molecular weight is 275 g/mol. The Labute approximate surface area is 105 Å². The van der Waals surface area contributed by atoms with E-state index in [0.717, 1.165) is 12.1 Å². The summed E-state index contributed by atoms with van der Waals surface area (Å²) in [6.45, 7) is -0.204. The monoisotopic (exact) mass is 275 g/mol. The van der Waals surface area contributed by atoms with E-state index < -0.39 is 17.6 Å². The summed E-state index contributed by atoms with van der Waals surface area (Å²) in [7, 11) is 0. The van der Waals surface area contributed by atoms with Gasteiger partial charge in [-0.15, -0.1) is 0 Å². The fourth-order valence-electron chi connectivity index (χ4n) is 1.64. The number of aliphatic hydroxyl groups excluding tert-OH is 1. The standard InChI is InChI=1S/C12H9F4NO2/c13-7-1-2-9(10(5-7)12(14,15)16)11-6-8(3-4-18)19-17-11/h1-2,5-6,18H,3-4H2. The van der Waals surface area contributed by atoms with Crippen LogP contribution in [0.3, 0.4) is 0 Å². The van der Waals surface area contributed by atoms with Crippen LogP contribution in [0.25, 0.3) is 11.3 Å². The first-order valence-corrected chi connectivity index (χ1v) is 5.35. The van der Waals surface area contributed by atoms with E-state index in [1.165, 1.54) is 6.07 Å². The molecule has 2 aromatic rings. The summed E-state index contributed by atoms with van der Waals surface area (Å²) < 4.78 is 56.1. The number of aliphatic hydroxyl groups is 1. The van der Waals surface area contributed by atoms with Crippen LogP contribution in [0.2, 0.25) is 0 Å². The third-order valence-corrected chi connectivity index (χ3v) is 2.48. The molecule has 0 aliphatic heterocycles. The van der Waals surface area contributed by atoms with E-state index in [4.69, 9.17) is 9.63 Å². The van der Waals surface area contributed by atoms with Gasteiger partial charge in [0.15, 0.2) is 0 Å². The summed E-state index contributed by atoms with van der Waals surface area (Å²) in [5.74, 6) is -0.717. The fourth-order valence-corrected chi connectivity index (χ4v) is 1.64. The van der Waals surface area contributed by atoms with Gasteiger partial charge in [-0.2, -0.15) is 13.2 Å². The van der Waals surface area contributed by atoms with Gasteiger partial charge in [0.1, 0.15) is 17.3 Å². The van der Waals surface area contributed by atoms with Crippen molar-refractivity contribution >= 4 is 0 Å². The number of benzene rings is 1. The maximum absolute atomic E-state index is 12.9. The molecule has 1 heterocycles. The Bertz CT molecular complexity index is 577. The quantitative estimate of drug-likeness (QED) is 0.876. The summed E-state index contributed by atoms with van der Waals surface area (Å²) in [4.78, 5) is 0. The molecule has 0 radical (unpaired) electrons. The van der Waals surface area contributed by atoms with Crippen molar-refractivity contribution in [1.82, 2.24) is 5.16 Å². The van der Waals surface area contributed by atoms with Crippen molar-refractivity contribution in [1.29, 1.82) is 0 Å². The van der Waals surface area contributed by atoms with Crippen LogP contribution in [0.5, 0.6) is 0 Å². The van der Waals surface area contributed by atoms with Gasteiger partial charge in [-0.25, -0.2) is 4.39 Å². The van der Waals surface area contributed by atoms with Crippen molar-refractivity contribution in [2.24, 2.45) is 0 Å². The smallest absolute Gasteiger partial charge is 0.396 e. The predicted molar refractivity (Wildman–Crippen MR) is 57.7 cm³/mol. The number of halogens is 4. The van der Waals surface area contributed by atoms with Crippen LogP contribution in [0.15, 0.2) is 28.8 Å². The van der Waals surface area contributed by atoms with Gasteiger partial charge < -0.3 is 9.63 Å². The van der Waals surface area contributed by atoms with Crippen molar-refractivity contribution in [3.8, 4) is 11.3 Å². The van der Waals surface area contributed by atoms with Crippen molar-refractivity contribution in [3.63, 3.8) is 0 Å². The van der Waals surface area contributed by atoms with Crippen LogP contribution in [0.4, 0.5) is 17.6 Å². The SMILES string of the molecule is OCCc1cc(-c2ccc(F)cc2C(F)(F)F)no1. The van der Waals surface area contributed by atoms with E-state index in [2.05, 4.69) is 5.16 Å². The summed E-state index contributed by atoms with van der Waals surface area (Å²) in [5, 5.41) is 12.2. The highest BCUT2D eigenvalue weighted by atomic mass is 19.4. The maximum atomic E-state index is 12.9. The molecule has 0 saturated heterocycles. The van der Waals surface area contributed by atoms with Gasteiger partial charge in [0.25, 0.3) is 0 Å². The van der Waals surface area contributed by atoms with Crippen LogP contribution in [-0.4, -0.2) is 16.9 Å². The molecule has 1 aromatic carbocycles. The second-order valence-corrected chi connectivity index (χ2v) is 3.84. The van der Waals surface area contributed by atoms with Crippen molar-refractivity contribution < 1.29 is 27.2 Å². The Balaban J connectivity index is 2.48. The minimum atomic E-state index is -4.69. The molecule has 0 unspecified atom stereocenters. The van der Waals surface area contributed by atoms with Crippen LogP contribution in [0, 0.1) is 5.82 Å². The number of rotatable bonds is 3. The first-order chi connectivity index (χ1) is 8.91. The molecule has 19 heavy (non-hydrogen) atoms. The topological polar surface area (TPSA) is 46.3 Å². The molecule has 0 bridgehead atoms. The van der Waals surface area contributed by atoms with Crippen LogP contribution in [-0.2, 0) is 12.6 Å². The molecule has 1 aromatic heterocycles. The largest absolute Gasteiger partial charge is 0.417 e. The summed E-state index contributed by atoms with van der Waals surface area (Å²) in [6, 6.07) is 3.62. The molecular formula is C12H9F4NO2. The number of aromatic nitrogens is 1. The van der Waals surface area contributed by atoms with Crippen molar-refractivity contribution in [2.45, 2.75) is 12.6 Å². The van der Waals surface area contributed by atoms with Crippen LogP contribution in [0.1, 0.15) is 11.3 Å². The Kier molecular flexibility index (Phi) is 3.57. The highest BCUT2D eigenvalue weighted by Gasteiger charge is 2.34. The zero-order valence-electron chi connectivity index (χ0n) is 9.54. The Morgan fingerprint density at radius 2 is 1.95 bits per heavy atom. The minimum absolute atomic E-state index is 0.0456. The maximum Gasteiger partial charge on any atom is 0.417 e. The fraction of sp³-hybridized carbons (Fsp3) is 0.250. The van der Waals surface area contributed by atoms with E-state index >= 15 is 0 Å². The lowest BCUT2D eigenvalue weighted by molar-refractivity contribution is -0.137.